The lowest BCUT2D eigenvalue weighted by atomic mass is 9.91. The number of nitrogens with one attached hydrogen (secondary N) is 2. The average molecular weight is 601 g/mol. The van der Waals surface area contributed by atoms with E-state index in [0.29, 0.717) is 35.5 Å². The van der Waals surface area contributed by atoms with Crippen molar-refractivity contribution in [1.82, 2.24) is 29.7 Å². The Morgan fingerprint density at radius 3 is 2.30 bits per heavy atom. The summed E-state index contributed by atoms with van der Waals surface area (Å²) in [7, 11) is 0. The van der Waals surface area contributed by atoms with Gasteiger partial charge in [0.15, 0.2) is 23.2 Å². The minimum absolute atomic E-state index is 0.0669. The lowest BCUT2D eigenvalue weighted by Gasteiger charge is -2.32. The molecule has 232 valence electrons. The molecule has 5 heterocycles. The Labute approximate surface area is 256 Å². The third-order valence-electron chi connectivity index (χ3n) is 9.19. The van der Waals surface area contributed by atoms with Crippen LogP contribution in [0, 0.1) is 0 Å². The van der Waals surface area contributed by atoms with E-state index >= 15 is 0 Å². The van der Waals surface area contributed by atoms with Crippen molar-refractivity contribution in [3.05, 3.63) is 78.1 Å². The highest BCUT2D eigenvalue weighted by Crippen LogP contribution is 2.34. The molecule has 0 radical (unpaired) electrons. The summed E-state index contributed by atoms with van der Waals surface area (Å²) in [6.07, 6.45) is -1.73. The van der Waals surface area contributed by atoms with Crippen LogP contribution in [0.2, 0.25) is 0 Å². The predicted molar refractivity (Wildman–Crippen MR) is 167 cm³/mol. The number of fused-ring (bicyclic) bond motifs is 1. The molecule has 0 amide bonds. The van der Waals surface area contributed by atoms with E-state index in [1.54, 1.807) is 10.9 Å². The fourth-order valence-electron chi connectivity index (χ4n) is 6.73. The summed E-state index contributed by atoms with van der Waals surface area (Å²) < 4.78 is 7.51. The molecule has 0 bridgehead atoms. The van der Waals surface area contributed by atoms with Crippen LogP contribution in [0.1, 0.15) is 29.7 Å². The smallest absolute Gasteiger partial charge is 0.229 e. The van der Waals surface area contributed by atoms with Crippen LogP contribution in [-0.4, -0.2) is 117 Å². The van der Waals surface area contributed by atoms with Crippen LogP contribution >= 0.6 is 0 Å². The van der Waals surface area contributed by atoms with E-state index in [2.05, 4.69) is 73.9 Å². The minimum atomic E-state index is -1.25. The number of hydrogen-bond acceptors (Lipinski definition) is 11. The van der Waals surface area contributed by atoms with Crippen LogP contribution in [0.25, 0.3) is 11.2 Å². The highest BCUT2D eigenvalue weighted by atomic mass is 16.6. The van der Waals surface area contributed by atoms with Gasteiger partial charge in [-0.25, -0.2) is 4.98 Å². The molecule has 3 saturated heterocycles. The Morgan fingerprint density at radius 1 is 0.932 bits per heavy atom. The Kier molecular flexibility index (Phi) is 8.43. The number of aromatic nitrogens is 4. The number of aliphatic hydroxyl groups is 3. The number of piperazine rings is 1. The van der Waals surface area contributed by atoms with Crippen LogP contribution in [0.4, 0.5) is 11.8 Å². The van der Waals surface area contributed by atoms with Crippen molar-refractivity contribution in [3.63, 3.8) is 0 Å². The molecule has 0 aliphatic carbocycles. The van der Waals surface area contributed by atoms with Gasteiger partial charge in [0.1, 0.15) is 18.3 Å². The van der Waals surface area contributed by atoms with Crippen LogP contribution in [0.15, 0.2) is 67.0 Å². The number of nitrogens with zero attached hydrogens (tertiary/aromatic N) is 6. The molecule has 12 heteroatoms. The minimum Gasteiger partial charge on any atom is -0.394 e. The number of anilines is 2. The molecule has 2 aromatic heterocycles. The highest BCUT2D eigenvalue weighted by molar-refractivity contribution is 5.84. The first-order valence-electron chi connectivity index (χ1n) is 15.5. The topological polar surface area (TPSA) is 144 Å². The van der Waals surface area contributed by atoms with Crippen molar-refractivity contribution in [2.75, 3.05) is 62.6 Å². The molecule has 5 N–H and O–H groups in total. The predicted octanol–water partition coefficient (Wildman–Crippen LogP) is 1.17. The van der Waals surface area contributed by atoms with Gasteiger partial charge in [-0.05, 0) is 17.5 Å². The number of imidazole rings is 1. The van der Waals surface area contributed by atoms with Gasteiger partial charge in [-0.2, -0.15) is 9.97 Å². The lowest BCUT2D eigenvalue weighted by molar-refractivity contribution is -0.0511. The molecule has 4 aromatic rings. The third-order valence-corrected chi connectivity index (χ3v) is 9.19. The number of rotatable bonds is 9. The second kappa shape index (κ2) is 12.8. The normalized spacial score (nSPS) is 26.2. The summed E-state index contributed by atoms with van der Waals surface area (Å²) in [6.45, 7) is 5.88. The van der Waals surface area contributed by atoms with Gasteiger partial charge in [0.05, 0.1) is 12.9 Å². The standard InChI is InChI=1S/C32H40N8O4/c41-19-25-27(42)28(43)31(44-25)40-20-35-26-29(34-17-24(21-7-3-1-4-8-21)22-9-5-2-6-10-22)36-32(37-30(26)40)39-14-11-23(18-39)38-15-12-33-13-16-38/h1-10,20,23-25,27-28,31,33,41-43H,11-19H2,(H,34,36,37). The van der Waals surface area contributed by atoms with Gasteiger partial charge >= 0.3 is 0 Å². The highest BCUT2D eigenvalue weighted by Gasteiger charge is 2.44. The van der Waals surface area contributed by atoms with Crippen molar-refractivity contribution >= 4 is 22.9 Å². The maximum absolute atomic E-state index is 10.8. The van der Waals surface area contributed by atoms with Gasteiger partial charge in [-0.1, -0.05) is 60.7 Å². The van der Waals surface area contributed by atoms with Crippen LogP contribution in [0.3, 0.4) is 0 Å². The first kappa shape index (κ1) is 29.1. The summed E-state index contributed by atoms with van der Waals surface area (Å²) in [5.74, 6) is 1.25. The Bertz CT molecular complexity index is 1490. The molecule has 44 heavy (non-hydrogen) atoms. The van der Waals surface area contributed by atoms with Gasteiger partial charge in [-0.15, -0.1) is 0 Å². The van der Waals surface area contributed by atoms with Crippen LogP contribution in [-0.2, 0) is 4.74 Å². The fraction of sp³-hybridized carbons (Fsp3) is 0.469. The SMILES string of the molecule is OCC1OC(n2cnc3c(NCC(c4ccccc4)c4ccccc4)nc(N4CCC(N5CCNCC5)C4)nc32)C(O)C1O. The Balaban J connectivity index is 1.23. The van der Waals surface area contributed by atoms with Crippen molar-refractivity contribution in [1.29, 1.82) is 0 Å². The van der Waals surface area contributed by atoms with Gasteiger partial charge < -0.3 is 35.6 Å². The fourth-order valence-corrected chi connectivity index (χ4v) is 6.73. The summed E-state index contributed by atoms with van der Waals surface area (Å²) in [5.41, 5.74) is 3.41. The average Bonchev–Trinajstić information content (AvgIpc) is 3.81. The zero-order chi connectivity index (χ0) is 30.0. The van der Waals surface area contributed by atoms with E-state index in [9.17, 15) is 15.3 Å². The van der Waals surface area contributed by atoms with E-state index < -0.39 is 31.1 Å². The van der Waals surface area contributed by atoms with Crippen molar-refractivity contribution < 1.29 is 20.1 Å². The van der Waals surface area contributed by atoms with Gasteiger partial charge in [0.25, 0.3) is 0 Å². The summed E-state index contributed by atoms with van der Waals surface area (Å²) >= 11 is 0. The van der Waals surface area contributed by atoms with E-state index in [1.807, 2.05) is 12.1 Å². The van der Waals surface area contributed by atoms with E-state index in [1.165, 1.54) is 11.1 Å². The first-order valence-corrected chi connectivity index (χ1v) is 15.5. The van der Waals surface area contributed by atoms with E-state index in [-0.39, 0.29) is 5.92 Å². The zero-order valence-corrected chi connectivity index (χ0v) is 24.6. The maximum Gasteiger partial charge on any atom is 0.229 e. The number of hydrogen-bond donors (Lipinski definition) is 5. The summed E-state index contributed by atoms with van der Waals surface area (Å²) in [4.78, 5) is 19.4. The number of benzene rings is 2. The molecule has 5 unspecified atom stereocenters. The van der Waals surface area contributed by atoms with Crippen molar-refractivity contribution in [2.45, 2.75) is 42.9 Å². The molecule has 5 atom stereocenters. The molecule has 3 aliphatic rings. The molecule has 0 spiro atoms. The number of aliphatic hydroxyl groups excluding tert-OH is 3. The molecule has 3 fully saturated rings. The van der Waals surface area contributed by atoms with Crippen LogP contribution in [0.5, 0.6) is 0 Å². The Morgan fingerprint density at radius 2 is 1.64 bits per heavy atom. The Hall–Kier alpha value is -3.65. The lowest BCUT2D eigenvalue weighted by Crippen LogP contribution is -2.49. The molecule has 7 rings (SSSR count). The number of ether oxygens (including phenoxy) is 1. The van der Waals surface area contributed by atoms with Crippen molar-refractivity contribution in [3.8, 4) is 0 Å². The maximum atomic E-state index is 10.8. The van der Waals surface area contributed by atoms with Crippen LogP contribution < -0.4 is 15.5 Å². The monoisotopic (exact) mass is 600 g/mol. The largest absolute Gasteiger partial charge is 0.394 e. The summed E-state index contributed by atoms with van der Waals surface area (Å²) in [6, 6.07) is 21.2. The molecule has 12 nitrogen and oxygen atoms in total. The van der Waals surface area contributed by atoms with Gasteiger partial charge in [0, 0.05) is 57.8 Å². The zero-order valence-electron chi connectivity index (χ0n) is 24.6. The third kappa shape index (κ3) is 5.65. The summed E-state index contributed by atoms with van der Waals surface area (Å²) in [5, 5.41) is 38.0. The quantitative estimate of drug-likeness (QED) is 0.189. The first-order chi connectivity index (χ1) is 21.6. The van der Waals surface area contributed by atoms with Crippen molar-refractivity contribution in [2.24, 2.45) is 0 Å². The van der Waals surface area contributed by atoms with E-state index in [0.717, 1.165) is 45.7 Å². The molecule has 0 saturated carbocycles. The molecular formula is C32H40N8O4. The van der Waals surface area contributed by atoms with Gasteiger partial charge in [0.2, 0.25) is 5.95 Å². The molecule has 3 aliphatic heterocycles. The van der Waals surface area contributed by atoms with Gasteiger partial charge in [-0.3, -0.25) is 9.47 Å². The molecular weight excluding hydrogens is 560 g/mol. The second-order valence-corrected chi connectivity index (χ2v) is 11.9. The second-order valence-electron chi connectivity index (χ2n) is 11.9. The molecule has 2 aromatic carbocycles. The van der Waals surface area contributed by atoms with E-state index in [4.69, 9.17) is 14.7 Å².